The molecule has 0 unspecified atom stereocenters. The summed E-state index contributed by atoms with van der Waals surface area (Å²) in [5, 5.41) is 10.3. The van der Waals surface area contributed by atoms with Gasteiger partial charge in [-0.2, -0.15) is 5.10 Å². The summed E-state index contributed by atoms with van der Waals surface area (Å²) in [6.07, 6.45) is 11.1. The fourth-order valence-corrected chi connectivity index (χ4v) is 5.74. The van der Waals surface area contributed by atoms with E-state index >= 15 is 0 Å². The number of rotatable bonds is 7. The van der Waals surface area contributed by atoms with Gasteiger partial charge in [0.2, 0.25) is 11.8 Å². The van der Waals surface area contributed by atoms with Gasteiger partial charge in [-0.3, -0.25) is 14.3 Å². The second-order valence-corrected chi connectivity index (χ2v) is 9.55. The predicted molar refractivity (Wildman–Crippen MR) is 117 cm³/mol. The van der Waals surface area contributed by atoms with Crippen LogP contribution >= 0.6 is 15.9 Å². The highest BCUT2D eigenvalue weighted by molar-refractivity contribution is 9.10. The van der Waals surface area contributed by atoms with Gasteiger partial charge in [-0.25, -0.2) is 0 Å². The molecule has 1 aromatic heterocycles. The van der Waals surface area contributed by atoms with Crippen LogP contribution in [0.15, 0.2) is 59.4 Å². The Kier molecular flexibility index (Phi) is 5.01. The molecule has 30 heavy (non-hydrogen) atoms. The highest BCUT2D eigenvalue weighted by atomic mass is 79.9. The van der Waals surface area contributed by atoms with Crippen molar-refractivity contribution in [2.24, 2.45) is 29.1 Å². The monoisotopic (exact) mass is 468 g/mol. The maximum Gasteiger partial charge on any atom is 0.228 e. The van der Waals surface area contributed by atoms with Gasteiger partial charge in [-0.1, -0.05) is 28.1 Å². The maximum atomic E-state index is 13.3. The van der Waals surface area contributed by atoms with E-state index in [0.717, 1.165) is 36.0 Å². The zero-order chi connectivity index (χ0) is 20.7. The fraction of sp³-hybridized carbons (Fsp3) is 0.435. The third-order valence-corrected chi connectivity index (χ3v) is 7.51. The summed E-state index contributed by atoms with van der Waals surface area (Å²) in [6, 6.07) is 9.46. The summed E-state index contributed by atoms with van der Waals surface area (Å²) in [6.45, 7) is 1.35. The number of carbonyl (C=O) groups is 2. The number of nitrogens with zero attached hydrogens (tertiary/aromatic N) is 2. The minimum Gasteiger partial charge on any atom is -0.356 e. The lowest BCUT2D eigenvalue weighted by atomic mass is 9.81. The molecular weight excluding hydrogens is 444 g/mol. The first-order valence-corrected chi connectivity index (χ1v) is 11.4. The van der Waals surface area contributed by atoms with Crippen molar-refractivity contribution >= 4 is 33.4 Å². The zero-order valence-corrected chi connectivity index (χ0v) is 18.2. The zero-order valence-electron chi connectivity index (χ0n) is 16.6. The molecule has 4 atom stereocenters. The van der Waals surface area contributed by atoms with Crippen molar-refractivity contribution in [2.75, 3.05) is 11.9 Å². The van der Waals surface area contributed by atoms with Gasteiger partial charge in [0.15, 0.2) is 0 Å². The summed E-state index contributed by atoms with van der Waals surface area (Å²) in [5.41, 5.74) is 0.900. The summed E-state index contributed by atoms with van der Waals surface area (Å²) in [4.78, 5) is 26.4. The Bertz CT molecular complexity index is 966. The minimum atomic E-state index is -0.308. The van der Waals surface area contributed by atoms with Crippen LogP contribution in [0.2, 0.25) is 0 Å². The van der Waals surface area contributed by atoms with E-state index in [-0.39, 0.29) is 40.9 Å². The molecule has 7 heteroatoms. The molecule has 156 valence electrons. The van der Waals surface area contributed by atoms with Crippen LogP contribution in [0.3, 0.4) is 0 Å². The van der Waals surface area contributed by atoms with Crippen molar-refractivity contribution in [1.82, 2.24) is 15.1 Å². The lowest BCUT2D eigenvalue weighted by Crippen LogP contribution is -2.42. The normalized spacial score (nSPS) is 27.4. The second-order valence-electron chi connectivity index (χ2n) is 8.63. The van der Waals surface area contributed by atoms with Gasteiger partial charge >= 0.3 is 0 Å². The van der Waals surface area contributed by atoms with E-state index in [0.29, 0.717) is 6.54 Å². The molecule has 0 radical (unpaired) electrons. The molecule has 5 rings (SSSR count). The number of allylic oxidation sites excluding steroid dienone is 2. The maximum absolute atomic E-state index is 13.3. The van der Waals surface area contributed by atoms with Crippen LogP contribution in [0.5, 0.6) is 0 Å². The summed E-state index contributed by atoms with van der Waals surface area (Å²) in [7, 11) is 0. The van der Waals surface area contributed by atoms with Crippen LogP contribution < -0.4 is 10.6 Å². The van der Waals surface area contributed by atoms with Crippen molar-refractivity contribution in [3.63, 3.8) is 0 Å². The quantitative estimate of drug-likeness (QED) is 0.481. The van der Waals surface area contributed by atoms with Gasteiger partial charge in [0.05, 0.1) is 11.8 Å². The molecule has 2 bridgehead atoms. The number of aryl methyl sites for hydroxylation is 1. The van der Waals surface area contributed by atoms with Crippen molar-refractivity contribution in [1.29, 1.82) is 0 Å². The van der Waals surface area contributed by atoms with E-state index in [1.54, 1.807) is 6.20 Å². The molecule has 3 aliphatic carbocycles. The average Bonchev–Trinajstić information content (AvgIpc) is 3.10. The van der Waals surface area contributed by atoms with Crippen LogP contribution in [0.1, 0.15) is 19.3 Å². The first kappa shape index (κ1) is 19.5. The van der Waals surface area contributed by atoms with Gasteiger partial charge < -0.3 is 10.6 Å². The lowest BCUT2D eigenvalue weighted by molar-refractivity contribution is -0.132. The highest BCUT2D eigenvalue weighted by Gasteiger charge is 2.69. The summed E-state index contributed by atoms with van der Waals surface area (Å²) >= 11 is 3.42. The summed E-state index contributed by atoms with van der Waals surface area (Å²) < 4.78 is 2.83. The van der Waals surface area contributed by atoms with Crippen LogP contribution in [0.4, 0.5) is 5.69 Å². The van der Waals surface area contributed by atoms with Crippen molar-refractivity contribution < 1.29 is 9.59 Å². The predicted octanol–water partition coefficient (Wildman–Crippen LogP) is 3.62. The number of nitrogens with one attached hydrogen (secondary N) is 2. The second kappa shape index (κ2) is 7.69. The average molecular weight is 469 g/mol. The van der Waals surface area contributed by atoms with E-state index in [1.807, 2.05) is 41.2 Å². The molecule has 2 fully saturated rings. The Labute approximate surface area is 184 Å². The Hall–Kier alpha value is -2.41. The van der Waals surface area contributed by atoms with Gasteiger partial charge in [0.1, 0.15) is 0 Å². The Morgan fingerprint density at radius 1 is 1.10 bits per heavy atom. The molecule has 0 aliphatic heterocycles. The molecule has 1 spiro atoms. The van der Waals surface area contributed by atoms with E-state index < -0.39 is 0 Å². The molecule has 0 saturated heterocycles. The van der Waals surface area contributed by atoms with Gasteiger partial charge in [-0.05, 0) is 66.8 Å². The topological polar surface area (TPSA) is 76.0 Å². The van der Waals surface area contributed by atoms with E-state index in [9.17, 15) is 9.59 Å². The van der Waals surface area contributed by atoms with Crippen LogP contribution in [0, 0.1) is 29.1 Å². The van der Waals surface area contributed by atoms with Gasteiger partial charge in [-0.15, -0.1) is 0 Å². The Morgan fingerprint density at radius 2 is 1.80 bits per heavy atom. The van der Waals surface area contributed by atoms with Crippen LogP contribution in [-0.2, 0) is 16.1 Å². The first-order chi connectivity index (χ1) is 14.6. The fourth-order valence-electron chi connectivity index (χ4n) is 5.47. The molecule has 6 nitrogen and oxygen atoms in total. The third kappa shape index (κ3) is 3.39. The minimum absolute atomic E-state index is 0.00884. The molecule has 1 heterocycles. The molecule has 2 saturated carbocycles. The number of amides is 2. The highest BCUT2D eigenvalue weighted by Crippen LogP contribution is 2.72. The van der Waals surface area contributed by atoms with Crippen LogP contribution in [0.25, 0.3) is 0 Å². The van der Waals surface area contributed by atoms with Crippen molar-refractivity contribution in [3.8, 4) is 0 Å². The van der Waals surface area contributed by atoms with E-state index in [4.69, 9.17) is 0 Å². The Morgan fingerprint density at radius 3 is 2.43 bits per heavy atom. The standard InChI is InChI=1S/C23H25BrN4O2/c24-15-3-5-16(6-4-15)27-22(30)20-18-8-7-17(23(18)9-10-23)19(20)21(29)25-11-1-13-28-14-2-12-26-28/h2-8,12,14,17-20H,1,9-11,13H2,(H,25,29)(H,27,30)/t17-,18-,19-,20-/m1/s1. The number of anilines is 1. The SMILES string of the molecule is O=C(NCCCn1cccn1)[C@H]1[C@H](C(=O)Nc2ccc(Br)cc2)[C@H]2C=C[C@H]1C21CC1. The number of aromatic nitrogens is 2. The van der Waals surface area contributed by atoms with Gasteiger partial charge in [0.25, 0.3) is 0 Å². The van der Waals surface area contributed by atoms with E-state index in [2.05, 4.69) is 43.8 Å². The number of benzene rings is 1. The molecule has 2 N–H and O–H groups in total. The molecule has 1 aromatic carbocycles. The van der Waals surface area contributed by atoms with Crippen molar-refractivity contribution in [2.45, 2.75) is 25.8 Å². The number of halogens is 1. The Balaban J connectivity index is 1.27. The number of carbonyl (C=O) groups excluding carboxylic acids is 2. The third-order valence-electron chi connectivity index (χ3n) is 6.98. The largest absolute Gasteiger partial charge is 0.356 e. The first-order valence-electron chi connectivity index (χ1n) is 10.6. The van der Waals surface area contributed by atoms with Crippen LogP contribution in [-0.4, -0.2) is 28.1 Å². The molecule has 3 aliphatic rings. The summed E-state index contributed by atoms with van der Waals surface area (Å²) in [5.74, 6) is -0.293. The van der Waals surface area contributed by atoms with Gasteiger partial charge in [0, 0.05) is 35.6 Å². The number of hydrogen-bond acceptors (Lipinski definition) is 3. The van der Waals surface area contributed by atoms with E-state index in [1.165, 1.54) is 0 Å². The number of hydrogen-bond donors (Lipinski definition) is 2. The molecular formula is C23H25BrN4O2. The smallest absolute Gasteiger partial charge is 0.228 e. The van der Waals surface area contributed by atoms with Crippen molar-refractivity contribution in [3.05, 3.63) is 59.4 Å². The lowest BCUT2D eigenvalue weighted by Gasteiger charge is -2.26. The molecule has 2 aromatic rings. The molecule has 2 amide bonds.